The van der Waals surface area contributed by atoms with Crippen molar-refractivity contribution in [2.24, 2.45) is 0 Å². The number of anilines is 2. The molecule has 0 bridgehead atoms. The zero-order valence-corrected chi connectivity index (χ0v) is 20.4. The Kier molecular flexibility index (Phi) is 6.41. The molecule has 1 aliphatic rings. The molecule has 2 aromatic carbocycles. The van der Waals surface area contributed by atoms with Crippen LogP contribution in [0.3, 0.4) is 0 Å². The van der Waals surface area contributed by atoms with E-state index in [0.29, 0.717) is 15.4 Å². The van der Waals surface area contributed by atoms with E-state index in [9.17, 15) is 23.4 Å². The van der Waals surface area contributed by atoms with Crippen LogP contribution in [0.1, 0.15) is 10.4 Å². The number of pyridine rings is 1. The number of ether oxygens (including phenoxy) is 1. The number of aromatic hydroxyl groups is 1. The minimum absolute atomic E-state index is 0.0316. The van der Waals surface area contributed by atoms with Crippen LogP contribution < -0.4 is 5.32 Å². The van der Waals surface area contributed by atoms with Gasteiger partial charge in [0.25, 0.3) is 0 Å². The van der Waals surface area contributed by atoms with Crippen LogP contribution >= 0.6 is 31.9 Å². The summed E-state index contributed by atoms with van der Waals surface area (Å²) >= 11 is 6.50. The van der Waals surface area contributed by atoms with E-state index in [1.807, 2.05) is 0 Å². The van der Waals surface area contributed by atoms with E-state index in [0.717, 1.165) is 0 Å². The summed E-state index contributed by atoms with van der Waals surface area (Å²) in [6.45, 7) is 0.937. The summed E-state index contributed by atoms with van der Waals surface area (Å²) in [6.07, 6.45) is 1.25. The molecule has 3 aromatic rings. The number of carboxylic acid groups (broad SMARTS) is 1. The second-order valence-electron chi connectivity index (χ2n) is 6.92. The highest BCUT2D eigenvalue weighted by atomic mass is 79.9. The highest BCUT2D eigenvalue weighted by Gasteiger charge is 2.31. The number of hydrogen-bond donors (Lipinski definition) is 3. The summed E-state index contributed by atoms with van der Waals surface area (Å²) < 4.78 is 34.4. The van der Waals surface area contributed by atoms with Gasteiger partial charge < -0.3 is 20.3 Å². The minimum atomic E-state index is -3.97. The van der Waals surface area contributed by atoms with E-state index in [2.05, 4.69) is 42.2 Å². The largest absolute Gasteiger partial charge is 0.506 e. The van der Waals surface area contributed by atoms with Gasteiger partial charge in [-0.15, -0.1) is 0 Å². The molecule has 0 radical (unpaired) electrons. The summed E-state index contributed by atoms with van der Waals surface area (Å²) in [5.41, 5.74) is 0.306. The average Bonchev–Trinajstić information content (AvgIpc) is 2.77. The van der Waals surface area contributed by atoms with Gasteiger partial charge in [0.15, 0.2) is 0 Å². The molecule has 4 rings (SSSR count). The molecule has 2 heterocycles. The molecule has 0 saturated carbocycles. The van der Waals surface area contributed by atoms with Gasteiger partial charge in [-0.1, -0.05) is 15.9 Å². The van der Waals surface area contributed by atoms with Crippen molar-refractivity contribution in [2.75, 3.05) is 31.6 Å². The van der Waals surface area contributed by atoms with Crippen LogP contribution in [0.2, 0.25) is 0 Å². The summed E-state index contributed by atoms with van der Waals surface area (Å²) in [5, 5.41) is 23.4. The van der Waals surface area contributed by atoms with Gasteiger partial charge in [-0.05, 0) is 46.3 Å². The number of nitrogens with one attached hydrogen (secondary N) is 1. The molecule has 0 spiro atoms. The Hall–Kier alpha value is -2.25. The minimum Gasteiger partial charge on any atom is -0.506 e. The van der Waals surface area contributed by atoms with Crippen molar-refractivity contribution < 1.29 is 28.2 Å². The number of morpholine rings is 1. The number of nitrogens with zero attached hydrogens (tertiary/aromatic N) is 2. The van der Waals surface area contributed by atoms with Crippen LogP contribution in [0.15, 0.2) is 50.4 Å². The predicted octanol–water partition coefficient (Wildman–Crippen LogP) is 3.93. The quantitative estimate of drug-likeness (QED) is 0.410. The van der Waals surface area contributed by atoms with Crippen LogP contribution in [0.4, 0.5) is 11.4 Å². The molecule has 0 aliphatic carbocycles. The second kappa shape index (κ2) is 8.94. The van der Waals surface area contributed by atoms with E-state index in [4.69, 9.17) is 4.74 Å². The van der Waals surface area contributed by atoms with Gasteiger partial charge in [-0.3, -0.25) is 4.98 Å². The molecule has 1 fully saturated rings. The Bertz CT molecular complexity index is 1330. The smallest absolute Gasteiger partial charge is 0.341 e. The van der Waals surface area contributed by atoms with Crippen LogP contribution in [-0.2, 0) is 14.8 Å². The Morgan fingerprint density at radius 2 is 1.88 bits per heavy atom. The number of hydrogen-bond acceptors (Lipinski definition) is 7. The molecule has 0 atom stereocenters. The fourth-order valence-electron chi connectivity index (χ4n) is 3.42. The molecule has 168 valence electrons. The maximum Gasteiger partial charge on any atom is 0.341 e. The van der Waals surface area contributed by atoms with E-state index in [1.54, 1.807) is 18.2 Å². The molecule has 1 aromatic heterocycles. The Labute approximate surface area is 200 Å². The number of rotatable bonds is 5. The zero-order valence-electron chi connectivity index (χ0n) is 16.4. The van der Waals surface area contributed by atoms with Crippen LogP contribution in [-0.4, -0.2) is 60.2 Å². The molecule has 1 saturated heterocycles. The SMILES string of the molecule is O=C(O)c1c(Nc2c(S(=O)(=O)N3CCOCC3)cnc3ccc(Br)cc23)ccc(Br)c1O. The fourth-order valence-corrected chi connectivity index (χ4v) is 5.62. The first-order valence-corrected chi connectivity index (χ1v) is 12.4. The van der Waals surface area contributed by atoms with Crippen LogP contribution in [0.5, 0.6) is 5.75 Å². The van der Waals surface area contributed by atoms with Crippen molar-refractivity contribution in [2.45, 2.75) is 4.90 Å². The number of phenols is 1. The Morgan fingerprint density at radius 3 is 2.56 bits per heavy atom. The first-order valence-electron chi connectivity index (χ1n) is 9.38. The van der Waals surface area contributed by atoms with E-state index >= 15 is 0 Å². The van der Waals surface area contributed by atoms with Crippen molar-refractivity contribution in [3.05, 3.63) is 51.0 Å². The van der Waals surface area contributed by atoms with Gasteiger partial charge >= 0.3 is 5.97 Å². The second-order valence-corrected chi connectivity index (χ2v) is 10.6. The zero-order chi connectivity index (χ0) is 23.0. The lowest BCUT2D eigenvalue weighted by molar-refractivity contribution is 0.0694. The molecular weight excluding hydrogens is 570 g/mol. The average molecular weight is 587 g/mol. The molecule has 0 unspecified atom stereocenters. The monoisotopic (exact) mass is 585 g/mol. The number of benzene rings is 2. The maximum atomic E-state index is 13.5. The molecule has 12 heteroatoms. The standard InChI is InChI=1S/C20H17Br2N3O6S/c21-11-1-3-14-12(9-11)18(24-15-4-2-13(22)19(26)17(15)20(27)28)16(10-23-14)32(29,30)25-5-7-31-8-6-25/h1-4,9-10,26H,5-8H2,(H,23,24)(H,27,28). The summed E-state index contributed by atoms with van der Waals surface area (Å²) in [4.78, 5) is 16.0. The van der Waals surface area contributed by atoms with Gasteiger partial charge in [0.2, 0.25) is 10.0 Å². The number of carboxylic acids is 1. The number of carbonyl (C=O) groups is 1. The summed E-state index contributed by atoms with van der Waals surface area (Å²) in [5.74, 6) is -1.84. The van der Waals surface area contributed by atoms with Gasteiger partial charge in [0, 0.05) is 29.1 Å². The first kappa shape index (κ1) is 22.9. The van der Waals surface area contributed by atoms with Gasteiger partial charge in [0.05, 0.1) is 34.6 Å². The summed E-state index contributed by atoms with van der Waals surface area (Å²) in [7, 11) is -3.97. The Balaban J connectivity index is 1.95. The predicted molar refractivity (Wildman–Crippen MR) is 125 cm³/mol. The van der Waals surface area contributed by atoms with E-state index in [-0.39, 0.29) is 47.0 Å². The lowest BCUT2D eigenvalue weighted by Gasteiger charge is -2.27. The number of sulfonamides is 1. The van der Waals surface area contributed by atoms with Crippen molar-refractivity contribution in [1.29, 1.82) is 0 Å². The third-order valence-corrected chi connectivity index (χ3v) is 8.03. The normalized spacial score (nSPS) is 15.1. The number of aromatic nitrogens is 1. The van der Waals surface area contributed by atoms with Crippen molar-refractivity contribution in [3.8, 4) is 5.75 Å². The van der Waals surface area contributed by atoms with Crippen molar-refractivity contribution >= 4 is 70.1 Å². The maximum absolute atomic E-state index is 13.5. The first-order chi connectivity index (χ1) is 15.2. The molecule has 1 aliphatic heterocycles. The van der Waals surface area contributed by atoms with E-state index < -0.39 is 27.3 Å². The lowest BCUT2D eigenvalue weighted by atomic mass is 10.1. The van der Waals surface area contributed by atoms with Crippen molar-refractivity contribution in [1.82, 2.24) is 9.29 Å². The van der Waals surface area contributed by atoms with E-state index in [1.165, 1.54) is 22.6 Å². The topological polar surface area (TPSA) is 129 Å². The number of aromatic carboxylic acids is 1. The third-order valence-electron chi connectivity index (χ3n) is 4.99. The number of fused-ring (bicyclic) bond motifs is 1. The Morgan fingerprint density at radius 1 is 1.16 bits per heavy atom. The summed E-state index contributed by atoms with van der Waals surface area (Å²) in [6, 6.07) is 8.10. The van der Waals surface area contributed by atoms with Crippen molar-refractivity contribution in [3.63, 3.8) is 0 Å². The molecule has 32 heavy (non-hydrogen) atoms. The highest BCUT2D eigenvalue weighted by molar-refractivity contribution is 9.10. The van der Waals surface area contributed by atoms with Gasteiger partial charge in [-0.25, -0.2) is 13.2 Å². The molecule has 9 nitrogen and oxygen atoms in total. The molecular formula is C20H17Br2N3O6S. The molecule has 0 amide bonds. The lowest BCUT2D eigenvalue weighted by Crippen LogP contribution is -2.40. The van der Waals surface area contributed by atoms with Gasteiger partial charge in [0.1, 0.15) is 16.2 Å². The van der Waals surface area contributed by atoms with Gasteiger partial charge in [-0.2, -0.15) is 4.31 Å². The molecule has 3 N–H and O–H groups in total. The fraction of sp³-hybridized carbons (Fsp3) is 0.200. The highest BCUT2D eigenvalue weighted by Crippen LogP contribution is 2.39. The van der Waals surface area contributed by atoms with Crippen LogP contribution in [0, 0.1) is 0 Å². The third kappa shape index (κ3) is 4.20. The number of halogens is 2. The van der Waals surface area contributed by atoms with Crippen LogP contribution in [0.25, 0.3) is 10.9 Å².